The first-order chi connectivity index (χ1) is 12.8. The molecule has 1 heterocycles. The molecule has 0 aliphatic rings. The number of guanidine groups is 1. The molecule has 3 aromatic rings. The minimum Gasteiger partial charge on any atom is -0.497 e. The highest BCUT2D eigenvalue weighted by molar-refractivity contribution is 14.0. The normalized spacial score (nSPS) is 11.0. The zero-order chi connectivity index (χ0) is 18.2. The predicted octanol–water partition coefficient (Wildman–Crippen LogP) is 3.70. The number of para-hydroxylation sites is 1. The second-order valence-electron chi connectivity index (χ2n) is 5.61. The average Bonchev–Trinajstić information content (AvgIpc) is 3.10. The smallest absolute Gasteiger partial charge is 0.191 e. The van der Waals surface area contributed by atoms with Crippen LogP contribution >= 0.6 is 35.3 Å². The molecule has 144 valence electrons. The lowest BCUT2D eigenvalue weighted by molar-refractivity contribution is 0.414. The van der Waals surface area contributed by atoms with E-state index in [1.165, 1.54) is 10.3 Å². The molecule has 27 heavy (non-hydrogen) atoms. The van der Waals surface area contributed by atoms with Crippen LogP contribution in [0.25, 0.3) is 10.2 Å². The van der Waals surface area contributed by atoms with E-state index in [0.29, 0.717) is 6.54 Å². The minimum absolute atomic E-state index is 0. The van der Waals surface area contributed by atoms with Crippen LogP contribution in [0.15, 0.2) is 53.5 Å². The Morgan fingerprint density at radius 2 is 1.85 bits per heavy atom. The number of methoxy groups -OCH3 is 1. The quantitative estimate of drug-likeness (QED) is 0.201. The number of nitrogens with one attached hydrogen (secondary N) is 3. The van der Waals surface area contributed by atoms with Gasteiger partial charge in [0.1, 0.15) is 5.75 Å². The molecular formula is C19H24IN5OS. The van der Waals surface area contributed by atoms with Crippen molar-refractivity contribution in [2.75, 3.05) is 32.6 Å². The van der Waals surface area contributed by atoms with E-state index < -0.39 is 0 Å². The molecule has 0 spiro atoms. The number of aliphatic imine (C=N–C) groups is 1. The molecule has 0 radical (unpaired) electrons. The maximum Gasteiger partial charge on any atom is 0.191 e. The van der Waals surface area contributed by atoms with Gasteiger partial charge in [-0.3, -0.25) is 4.99 Å². The fourth-order valence-electron chi connectivity index (χ4n) is 2.45. The standard InChI is InChI=1S/C19H23N5OS.HI/c1-20-18(23-13-14-7-9-15(25-2)10-8-14)21-11-12-22-19-24-16-5-3-4-6-17(16)26-19;/h3-10H,11-13H2,1-2H3,(H,22,24)(H2,20,21,23);1H. The van der Waals surface area contributed by atoms with E-state index in [9.17, 15) is 0 Å². The Morgan fingerprint density at radius 3 is 2.56 bits per heavy atom. The Hall–Kier alpha value is -2.07. The molecular weight excluding hydrogens is 473 g/mol. The summed E-state index contributed by atoms with van der Waals surface area (Å²) in [4.78, 5) is 8.81. The lowest BCUT2D eigenvalue weighted by atomic mass is 10.2. The highest BCUT2D eigenvalue weighted by Gasteiger charge is 2.02. The van der Waals surface area contributed by atoms with Crippen molar-refractivity contribution >= 4 is 56.6 Å². The van der Waals surface area contributed by atoms with Crippen molar-refractivity contribution < 1.29 is 4.74 Å². The van der Waals surface area contributed by atoms with E-state index in [2.05, 4.69) is 32.0 Å². The average molecular weight is 497 g/mol. The van der Waals surface area contributed by atoms with Gasteiger partial charge < -0.3 is 20.7 Å². The first-order valence-electron chi connectivity index (χ1n) is 8.45. The third-order valence-corrected chi connectivity index (χ3v) is 4.82. The lowest BCUT2D eigenvalue weighted by Crippen LogP contribution is -2.39. The van der Waals surface area contributed by atoms with Crippen molar-refractivity contribution in [1.29, 1.82) is 0 Å². The summed E-state index contributed by atoms with van der Waals surface area (Å²) < 4.78 is 6.36. The van der Waals surface area contributed by atoms with Crippen molar-refractivity contribution in [2.24, 2.45) is 4.99 Å². The summed E-state index contributed by atoms with van der Waals surface area (Å²) in [6.45, 7) is 2.22. The van der Waals surface area contributed by atoms with Crippen LogP contribution in [0.1, 0.15) is 5.56 Å². The SMILES string of the molecule is CN=C(NCCNc1nc2ccccc2s1)NCc1ccc(OC)cc1.I. The van der Waals surface area contributed by atoms with Gasteiger partial charge in [0.15, 0.2) is 11.1 Å². The Labute approximate surface area is 180 Å². The van der Waals surface area contributed by atoms with Gasteiger partial charge in [-0.15, -0.1) is 24.0 Å². The second-order valence-corrected chi connectivity index (χ2v) is 6.64. The molecule has 0 bridgehead atoms. The number of rotatable bonds is 7. The Balaban J connectivity index is 0.00000261. The molecule has 0 aliphatic heterocycles. The first-order valence-corrected chi connectivity index (χ1v) is 9.27. The summed E-state index contributed by atoms with van der Waals surface area (Å²) in [6.07, 6.45) is 0. The molecule has 6 nitrogen and oxygen atoms in total. The largest absolute Gasteiger partial charge is 0.497 e. The van der Waals surface area contributed by atoms with Crippen LogP contribution in [0.4, 0.5) is 5.13 Å². The van der Waals surface area contributed by atoms with Gasteiger partial charge >= 0.3 is 0 Å². The highest BCUT2D eigenvalue weighted by atomic mass is 127. The highest BCUT2D eigenvalue weighted by Crippen LogP contribution is 2.24. The van der Waals surface area contributed by atoms with Crippen LogP contribution in [0.5, 0.6) is 5.75 Å². The van der Waals surface area contributed by atoms with Gasteiger partial charge in [0.05, 0.1) is 17.3 Å². The van der Waals surface area contributed by atoms with Crippen LogP contribution < -0.4 is 20.7 Å². The number of hydrogen-bond donors (Lipinski definition) is 3. The molecule has 0 atom stereocenters. The molecule has 0 aliphatic carbocycles. The summed E-state index contributed by atoms with van der Waals surface area (Å²) in [5.74, 6) is 1.63. The number of thiazole rings is 1. The first kappa shape index (κ1) is 21.2. The Bertz CT molecular complexity index is 833. The lowest BCUT2D eigenvalue weighted by Gasteiger charge is -2.12. The van der Waals surface area contributed by atoms with E-state index in [0.717, 1.165) is 35.4 Å². The van der Waals surface area contributed by atoms with E-state index in [4.69, 9.17) is 4.74 Å². The predicted molar refractivity (Wildman–Crippen MR) is 125 cm³/mol. The summed E-state index contributed by atoms with van der Waals surface area (Å²) in [6, 6.07) is 16.1. The van der Waals surface area contributed by atoms with E-state index in [1.807, 2.05) is 42.5 Å². The molecule has 0 saturated carbocycles. The van der Waals surface area contributed by atoms with Crippen molar-refractivity contribution in [2.45, 2.75) is 6.54 Å². The molecule has 3 rings (SSSR count). The molecule has 3 N–H and O–H groups in total. The van der Waals surface area contributed by atoms with Gasteiger partial charge in [0.2, 0.25) is 0 Å². The Kier molecular flexibility index (Phi) is 8.59. The van der Waals surface area contributed by atoms with Crippen molar-refractivity contribution in [3.05, 3.63) is 54.1 Å². The van der Waals surface area contributed by atoms with Crippen LogP contribution in [0.3, 0.4) is 0 Å². The van der Waals surface area contributed by atoms with E-state index in [1.54, 1.807) is 25.5 Å². The number of hydrogen-bond acceptors (Lipinski definition) is 5. The number of aromatic nitrogens is 1. The third kappa shape index (κ3) is 6.24. The number of ether oxygens (including phenoxy) is 1. The minimum atomic E-state index is 0. The number of halogens is 1. The van der Waals surface area contributed by atoms with Crippen LogP contribution in [0, 0.1) is 0 Å². The van der Waals surface area contributed by atoms with Crippen molar-refractivity contribution in [1.82, 2.24) is 15.6 Å². The van der Waals surface area contributed by atoms with E-state index in [-0.39, 0.29) is 24.0 Å². The fourth-order valence-corrected chi connectivity index (χ4v) is 3.34. The third-order valence-electron chi connectivity index (χ3n) is 3.83. The van der Waals surface area contributed by atoms with Gasteiger partial charge in [0, 0.05) is 26.7 Å². The summed E-state index contributed by atoms with van der Waals surface area (Å²) >= 11 is 1.67. The molecule has 0 unspecified atom stereocenters. The summed E-state index contributed by atoms with van der Waals surface area (Å²) in [7, 11) is 3.44. The van der Waals surface area contributed by atoms with Crippen LogP contribution in [-0.2, 0) is 6.54 Å². The maximum atomic E-state index is 5.17. The van der Waals surface area contributed by atoms with Crippen molar-refractivity contribution in [3.63, 3.8) is 0 Å². The second kappa shape index (κ2) is 10.9. The van der Waals surface area contributed by atoms with Crippen LogP contribution in [-0.4, -0.2) is 38.2 Å². The molecule has 2 aromatic carbocycles. The molecule has 0 amide bonds. The summed E-state index contributed by atoms with van der Waals surface area (Å²) in [5.41, 5.74) is 2.20. The molecule has 0 saturated heterocycles. The van der Waals surface area contributed by atoms with Crippen LogP contribution in [0.2, 0.25) is 0 Å². The van der Waals surface area contributed by atoms with Gasteiger partial charge in [-0.1, -0.05) is 35.6 Å². The summed E-state index contributed by atoms with van der Waals surface area (Å²) in [5, 5.41) is 10.9. The van der Waals surface area contributed by atoms with Gasteiger partial charge in [-0.25, -0.2) is 4.98 Å². The van der Waals surface area contributed by atoms with Gasteiger partial charge in [-0.2, -0.15) is 0 Å². The van der Waals surface area contributed by atoms with Gasteiger partial charge in [0.25, 0.3) is 0 Å². The number of benzene rings is 2. The maximum absolute atomic E-state index is 5.17. The number of nitrogens with zero attached hydrogens (tertiary/aromatic N) is 2. The number of fused-ring (bicyclic) bond motifs is 1. The fraction of sp³-hybridized carbons (Fsp3) is 0.263. The molecule has 1 aromatic heterocycles. The van der Waals surface area contributed by atoms with Gasteiger partial charge in [-0.05, 0) is 29.8 Å². The topological polar surface area (TPSA) is 70.6 Å². The zero-order valence-corrected chi connectivity index (χ0v) is 18.5. The Morgan fingerprint density at radius 1 is 1.07 bits per heavy atom. The molecule has 8 heteroatoms. The zero-order valence-electron chi connectivity index (χ0n) is 15.4. The number of anilines is 1. The van der Waals surface area contributed by atoms with Crippen molar-refractivity contribution in [3.8, 4) is 5.75 Å². The monoisotopic (exact) mass is 497 g/mol. The van der Waals surface area contributed by atoms with E-state index >= 15 is 0 Å². The molecule has 0 fully saturated rings.